The molecule has 1 saturated carbocycles. The Labute approximate surface area is 265 Å². The fourth-order valence-corrected chi connectivity index (χ4v) is 4.82. The molecule has 46 heavy (non-hydrogen) atoms. The van der Waals surface area contributed by atoms with Crippen LogP contribution in [0.5, 0.6) is 17.4 Å². The van der Waals surface area contributed by atoms with Crippen LogP contribution in [-0.2, 0) is 14.3 Å². The number of ether oxygens (including phenoxy) is 3. The van der Waals surface area contributed by atoms with Gasteiger partial charge in [0.25, 0.3) is 0 Å². The molecule has 3 heterocycles. The zero-order valence-corrected chi connectivity index (χ0v) is 25.7. The first kappa shape index (κ1) is 32.6. The van der Waals surface area contributed by atoms with E-state index in [4.69, 9.17) is 14.2 Å². The summed E-state index contributed by atoms with van der Waals surface area (Å²) < 4.78 is 45.2. The SMILES string of the molecule is CC.O=C(Nc1ccc(F)cc1)C1(C(=O)Nc2ccc(Oc3ccnc4nc(OCCCN5CCOCC5)cnc34)c(F)c2)CC1. The van der Waals surface area contributed by atoms with Crippen molar-refractivity contribution in [2.45, 2.75) is 33.1 Å². The van der Waals surface area contributed by atoms with Gasteiger partial charge in [-0.1, -0.05) is 13.8 Å². The molecule has 2 aromatic carbocycles. The van der Waals surface area contributed by atoms with Crippen molar-refractivity contribution in [2.24, 2.45) is 5.41 Å². The zero-order chi connectivity index (χ0) is 32.5. The van der Waals surface area contributed by atoms with Crippen LogP contribution >= 0.6 is 0 Å². The van der Waals surface area contributed by atoms with Gasteiger partial charge in [-0.3, -0.25) is 14.5 Å². The summed E-state index contributed by atoms with van der Waals surface area (Å²) in [7, 11) is 0. The van der Waals surface area contributed by atoms with Crippen LogP contribution in [0.1, 0.15) is 33.1 Å². The summed E-state index contributed by atoms with van der Waals surface area (Å²) in [5.74, 6) is -1.76. The first-order chi connectivity index (χ1) is 22.4. The molecule has 2 aliphatic rings. The van der Waals surface area contributed by atoms with Crippen molar-refractivity contribution in [2.75, 3.05) is 50.1 Å². The van der Waals surface area contributed by atoms with E-state index in [1.54, 1.807) is 6.07 Å². The number of carbonyl (C=O) groups excluding carboxylic acids is 2. The van der Waals surface area contributed by atoms with Crippen LogP contribution in [0.3, 0.4) is 0 Å². The third-order valence-electron chi connectivity index (χ3n) is 7.49. The predicted molar refractivity (Wildman–Crippen MR) is 168 cm³/mol. The maximum absolute atomic E-state index is 15.1. The molecule has 242 valence electrons. The van der Waals surface area contributed by atoms with Gasteiger partial charge in [0.15, 0.2) is 28.5 Å². The van der Waals surface area contributed by atoms with E-state index in [1.807, 2.05) is 13.8 Å². The standard InChI is InChI=1S/C31H30F2N6O5.C2H6/c32-20-2-4-21(5-3-20)36-29(40)31(9-10-31)30(41)37-22-6-7-24(23(33)18-22)44-25-8-11-34-28-27(25)35-19-26(38-28)43-15-1-12-39-13-16-42-17-14-39;1-2/h2-8,11,18-19H,1,9-10,12-17H2,(H,36,40)(H,37,41);1-2H3. The van der Waals surface area contributed by atoms with Crippen molar-refractivity contribution >= 4 is 34.4 Å². The molecule has 2 aromatic heterocycles. The van der Waals surface area contributed by atoms with Crippen molar-refractivity contribution in [1.82, 2.24) is 19.9 Å². The highest BCUT2D eigenvalue weighted by Gasteiger charge is 2.56. The maximum atomic E-state index is 15.1. The Hall–Kier alpha value is -4.75. The van der Waals surface area contributed by atoms with Crippen molar-refractivity contribution in [3.8, 4) is 17.4 Å². The quantitative estimate of drug-likeness (QED) is 0.161. The van der Waals surface area contributed by atoms with Gasteiger partial charge in [0.2, 0.25) is 17.7 Å². The highest BCUT2D eigenvalue weighted by molar-refractivity contribution is 6.16. The second kappa shape index (κ2) is 15.0. The molecule has 4 aromatic rings. The van der Waals surface area contributed by atoms with Crippen LogP contribution in [0.25, 0.3) is 11.2 Å². The number of nitrogens with one attached hydrogen (secondary N) is 2. The number of amides is 2. The lowest BCUT2D eigenvalue weighted by molar-refractivity contribution is -0.131. The van der Waals surface area contributed by atoms with E-state index in [2.05, 4.69) is 30.5 Å². The van der Waals surface area contributed by atoms with Gasteiger partial charge in [0.1, 0.15) is 11.2 Å². The highest BCUT2D eigenvalue weighted by Crippen LogP contribution is 2.47. The number of halogens is 2. The van der Waals surface area contributed by atoms with Gasteiger partial charge in [-0.25, -0.2) is 18.7 Å². The zero-order valence-electron chi connectivity index (χ0n) is 25.7. The smallest absolute Gasteiger partial charge is 0.240 e. The minimum Gasteiger partial charge on any atom is -0.476 e. The number of rotatable bonds is 11. The first-order valence-corrected chi connectivity index (χ1v) is 15.3. The van der Waals surface area contributed by atoms with E-state index in [0.717, 1.165) is 45.3 Å². The molecular weight excluding hydrogens is 598 g/mol. The van der Waals surface area contributed by atoms with Crippen LogP contribution in [0, 0.1) is 17.0 Å². The van der Waals surface area contributed by atoms with Crippen molar-refractivity contribution < 1.29 is 32.6 Å². The number of morpholine rings is 1. The molecule has 6 rings (SSSR count). The van der Waals surface area contributed by atoms with E-state index in [0.29, 0.717) is 36.5 Å². The molecule has 11 nitrogen and oxygen atoms in total. The molecule has 0 atom stereocenters. The summed E-state index contributed by atoms with van der Waals surface area (Å²) in [6.45, 7) is 8.71. The van der Waals surface area contributed by atoms with Crippen molar-refractivity contribution in [1.29, 1.82) is 0 Å². The molecule has 1 aliphatic carbocycles. The van der Waals surface area contributed by atoms with Gasteiger partial charge >= 0.3 is 0 Å². The Kier molecular flexibility index (Phi) is 10.7. The Morgan fingerprint density at radius 3 is 2.33 bits per heavy atom. The predicted octanol–water partition coefficient (Wildman–Crippen LogP) is 5.58. The summed E-state index contributed by atoms with van der Waals surface area (Å²) in [6.07, 6.45) is 4.46. The lowest BCUT2D eigenvalue weighted by Crippen LogP contribution is -2.37. The van der Waals surface area contributed by atoms with E-state index < -0.39 is 28.9 Å². The second-order valence-corrected chi connectivity index (χ2v) is 10.6. The molecule has 2 fully saturated rings. The lowest BCUT2D eigenvalue weighted by Gasteiger charge is -2.26. The molecule has 1 saturated heterocycles. The number of anilines is 2. The first-order valence-electron chi connectivity index (χ1n) is 15.3. The molecule has 13 heteroatoms. The number of aromatic nitrogens is 3. The normalized spacial score (nSPS) is 15.3. The third kappa shape index (κ3) is 7.90. The minimum atomic E-state index is -1.28. The molecule has 0 radical (unpaired) electrons. The van der Waals surface area contributed by atoms with E-state index in [1.165, 1.54) is 48.8 Å². The summed E-state index contributed by atoms with van der Waals surface area (Å²) >= 11 is 0. The number of benzene rings is 2. The fraction of sp³-hybridized carbons (Fsp3) is 0.364. The number of pyridine rings is 1. The number of fused-ring (bicyclic) bond motifs is 1. The maximum Gasteiger partial charge on any atom is 0.240 e. The van der Waals surface area contributed by atoms with Crippen molar-refractivity contribution in [3.63, 3.8) is 0 Å². The third-order valence-corrected chi connectivity index (χ3v) is 7.49. The molecule has 0 unspecified atom stereocenters. The summed E-state index contributed by atoms with van der Waals surface area (Å²) in [5.41, 5.74) is -0.131. The van der Waals surface area contributed by atoms with Crippen LogP contribution < -0.4 is 20.1 Å². The Balaban J connectivity index is 0.00000204. The highest BCUT2D eigenvalue weighted by atomic mass is 19.1. The number of hydrogen-bond donors (Lipinski definition) is 2. The molecular formula is C33H36F2N6O5. The monoisotopic (exact) mass is 634 g/mol. The van der Waals surface area contributed by atoms with Crippen LogP contribution in [-0.4, -0.2) is 71.1 Å². The largest absolute Gasteiger partial charge is 0.476 e. The van der Waals surface area contributed by atoms with Gasteiger partial charge in [-0.05, 0) is 55.7 Å². The van der Waals surface area contributed by atoms with Gasteiger partial charge < -0.3 is 24.8 Å². The summed E-state index contributed by atoms with van der Waals surface area (Å²) in [6, 6.07) is 10.7. The second-order valence-electron chi connectivity index (χ2n) is 10.6. The molecule has 0 bridgehead atoms. The summed E-state index contributed by atoms with van der Waals surface area (Å²) in [5, 5.41) is 5.26. The molecule has 0 spiro atoms. The van der Waals surface area contributed by atoms with Gasteiger partial charge in [-0.15, -0.1) is 0 Å². The average molecular weight is 635 g/mol. The average Bonchev–Trinajstić information content (AvgIpc) is 3.90. The molecule has 2 N–H and O–H groups in total. The van der Waals surface area contributed by atoms with E-state index >= 15 is 4.39 Å². The van der Waals surface area contributed by atoms with Crippen molar-refractivity contribution in [3.05, 3.63) is 72.6 Å². The van der Waals surface area contributed by atoms with Gasteiger partial charge in [-0.2, -0.15) is 4.98 Å². The minimum absolute atomic E-state index is 0.101. The topological polar surface area (TPSA) is 128 Å². The number of hydrogen-bond acceptors (Lipinski definition) is 9. The number of nitrogens with zero attached hydrogens (tertiary/aromatic N) is 4. The summed E-state index contributed by atoms with van der Waals surface area (Å²) in [4.78, 5) is 41.1. The van der Waals surface area contributed by atoms with Gasteiger partial charge in [0, 0.05) is 49.3 Å². The van der Waals surface area contributed by atoms with Gasteiger partial charge in [0.05, 0.1) is 26.0 Å². The van der Waals surface area contributed by atoms with Crippen LogP contribution in [0.2, 0.25) is 0 Å². The lowest BCUT2D eigenvalue weighted by atomic mass is 10.0. The van der Waals surface area contributed by atoms with Crippen LogP contribution in [0.15, 0.2) is 60.9 Å². The van der Waals surface area contributed by atoms with Crippen LogP contribution in [0.4, 0.5) is 20.2 Å². The molecule has 2 amide bonds. The van der Waals surface area contributed by atoms with E-state index in [9.17, 15) is 14.0 Å². The Morgan fingerprint density at radius 2 is 1.63 bits per heavy atom. The Bertz CT molecular complexity index is 1660. The van der Waals surface area contributed by atoms with E-state index in [-0.39, 0.29) is 22.8 Å². The fourth-order valence-electron chi connectivity index (χ4n) is 4.82. The Morgan fingerprint density at radius 1 is 0.935 bits per heavy atom. The molecule has 1 aliphatic heterocycles. The number of carbonyl (C=O) groups is 2.